The molecule has 1 amide bonds. The highest BCUT2D eigenvalue weighted by atomic mass is 35.5. The Bertz CT molecular complexity index is 1480. The minimum absolute atomic E-state index is 0.133. The summed E-state index contributed by atoms with van der Waals surface area (Å²) in [6, 6.07) is 30.3. The SMILES string of the molecule is O=C(NC(=S)Nc1cc2nn(-c3ccccc3)nc2cc1Cl)c1ccc(-c2ccccc2)cc1. The van der Waals surface area contributed by atoms with E-state index in [1.807, 2.05) is 72.8 Å². The maximum atomic E-state index is 12.7. The molecule has 0 radical (unpaired) electrons. The lowest BCUT2D eigenvalue weighted by molar-refractivity contribution is 0.0978. The molecule has 4 aromatic carbocycles. The van der Waals surface area contributed by atoms with E-state index in [1.165, 1.54) is 0 Å². The number of rotatable bonds is 4. The summed E-state index contributed by atoms with van der Waals surface area (Å²) in [5.74, 6) is -0.315. The summed E-state index contributed by atoms with van der Waals surface area (Å²) < 4.78 is 0. The molecule has 0 bridgehead atoms. The Labute approximate surface area is 206 Å². The molecule has 5 rings (SSSR count). The summed E-state index contributed by atoms with van der Waals surface area (Å²) in [5.41, 5.74) is 5.26. The highest BCUT2D eigenvalue weighted by molar-refractivity contribution is 7.80. The Hall–Kier alpha value is -4.07. The van der Waals surface area contributed by atoms with Gasteiger partial charge in [-0.05, 0) is 59.7 Å². The monoisotopic (exact) mass is 483 g/mol. The molecule has 0 fully saturated rings. The molecule has 0 saturated carbocycles. The topological polar surface area (TPSA) is 71.8 Å². The third-order valence-electron chi connectivity index (χ3n) is 5.19. The highest BCUT2D eigenvalue weighted by Crippen LogP contribution is 2.27. The van der Waals surface area contributed by atoms with Crippen LogP contribution in [0.5, 0.6) is 0 Å². The summed E-state index contributed by atoms with van der Waals surface area (Å²) in [6.07, 6.45) is 0. The lowest BCUT2D eigenvalue weighted by atomic mass is 10.0. The number of nitrogens with one attached hydrogen (secondary N) is 2. The molecule has 34 heavy (non-hydrogen) atoms. The van der Waals surface area contributed by atoms with Gasteiger partial charge in [-0.1, -0.05) is 72.3 Å². The van der Waals surface area contributed by atoms with E-state index < -0.39 is 0 Å². The maximum Gasteiger partial charge on any atom is 0.257 e. The molecule has 0 unspecified atom stereocenters. The van der Waals surface area contributed by atoms with Crippen LogP contribution < -0.4 is 10.6 Å². The number of benzene rings is 4. The van der Waals surface area contributed by atoms with E-state index >= 15 is 0 Å². The van der Waals surface area contributed by atoms with Gasteiger partial charge in [-0.2, -0.15) is 4.80 Å². The van der Waals surface area contributed by atoms with Gasteiger partial charge in [-0.25, -0.2) is 0 Å². The molecule has 1 heterocycles. The number of hydrogen-bond donors (Lipinski definition) is 2. The van der Waals surface area contributed by atoms with Crippen LogP contribution in [0.15, 0.2) is 97.1 Å². The molecule has 5 aromatic rings. The molecule has 2 N–H and O–H groups in total. The normalized spacial score (nSPS) is 10.7. The number of aromatic nitrogens is 3. The minimum atomic E-state index is -0.315. The predicted octanol–water partition coefficient (Wildman–Crippen LogP) is 5.87. The second kappa shape index (κ2) is 9.43. The van der Waals surface area contributed by atoms with Gasteiger partial charge in [0.2, 0.25) is 0 Å². The Morgan fingerprint density at radius 1 is 0.794 bits per heavy atom. The van der Waals surface area contributed by atoms with Crippen molar-refractivity contribution in [2.45, 2.75) is 0 Å². The van der Waals surface area contributed by atoms with Crippen molar-refractivity contribution in [3.05, 3.63) is 108 Å². The van der Waals surface area contributed by atoms with Crippen LogP contribution in [0.3, 0.4) is 0 Å². The van der Waals surface area contributed by atoms with Crippen molar-refractivity contribution in [1.29, 1.82) is 0 Å². The highest BCUT2D eigenvalue weighted by Gasteiger charge is 2.13. The molecule has 0 atom stereocenters. The Balaban J connectivity index is 1.28. The fourth-order valence-electron chi connectivity index (χ4n) is 3.48. The van der Waals surface area contributed by atoms with Crippen LogP contribution in [0, 0.1) is 0 Å². The number of halogens is 1. The Morgan fingerprint density at radius 3 is 2.06 bits per heavy atom. The van der Waals surface area contributed by atoms with E-state index in [-0.39, 0.29) is 11.0 Å². The summed E-state index contributed by atoms with van der Waals surface area (Å²) in [5, 5.41) is 15.2. The van der Waals surface area contributed by atoms with Crippen molar-refractivity contribution in [2.24, 2.45) is 0 Å². The third kappa shape index (κ3) is 4.66. The van der Waals surface area contributed by atoms with E-state index in [4.69, 9.17) is 23.8 Å². The van der Waals surface area contributed by atoms with Gasteiger partial charge in [0, 0.05) is 5.56 Å². The lowest BCUT2D eigenvalue weighted by Crippen LogP contribution is -2.34. The molecule has 6 nitrogen and oxygen atoms in total. The first-order valence-corrected chi connectivity index (χ1v) is 11.3. The molecule has 0 aliphatic carbocycles. The quantitative estimate of drug-likeness (QED) is 0.313. The molecule has 1 aromatic heterocycles. The fraction of sp³-hybridized carbons (Fsp3) is 0. The van der Waals surface area contributed by atoms with Crippen LogP contribution in [-0.4, -0.2) is 26.0 Å². The smallest absolute Gasteiger partial charge is 0.257 e. The van der Waals surface area contributed by atoms with Crippen molar-refractivity contribution in [3.8, 4) is 16.8 Å². The first-order chi connectivity index (χ1) is 16.6. The van der Waals surface area contributed by atoms with E-state index in [0.29, 0.717) is 27.3 Å². The largest absolute Gasteiger partial charge is 0.331 e. The molecular formula is C26H18ClN5OS. The molecule has 0 saturated heterocycles. The van der Waals surface area contributed by atoms with Crippen molar-refractivity contribution in [2.75, 3.05) is 5.32 Å². The lowest BCUT2D eigenvalue weighted by Gasteiger charge is -2.11. The number of hydrogen-bond acceptors (Lipinski definition) is 4. The first-order valence-electron chi connectivity index (χ1n) is 10.5. The van der Waals surface area contributed by atoms with Crippen LogP contribution in [0.4, 0.5) is 5.69 Å². The number of amides is 1. The zero-order valence-electron chi connectivity index (χ0n) is 17.8. The third-order valence-corrected chi connectivity index (χ3v) is 5.70. The standard InChI is InChI=1S/C26H18ClN5OS/c27-21-15-23-24(31-32(30-23)20-9-5-2-6-10-20)16-22(21)28-26(34)29-25(33)19-13-11-18(12-14-19)17-7-3-1-4-8-17/h1-16H,(H2,28,29,33,34). The molecule has 0 spiro atoms. The van der Waals surface area contributed by atoms with Crippen LogP contribution in [0.25, 0.3) is 27.8 Å². The van der Waals surface area contributed by atoms with Crippen molar-refractivity contribution in [3.63, 3.8) is 0 Å². The van der Waals surface area contributed by atoms with Crippen LogP contribution in [0.2, 0.25) is 5.02 Å². The van der Waals surface area contributed by atoms with Gasteiger partial charge >= 0.3 is 0 Å². The molecule has 166 valence electrons. The number of nitrogens with zero attached hydrogens (tertiary/aromatic N) is 3. The predicted molar refractivity (Wildman–Crippen MR) is 139 cm³/mol. The van der Waals surface area contributed by atoms with E-state index in [2.05, 4.69) is 20.8 Å². The van der Waals surface area contributed by atoms with Crippen molar-refractivity contribution in [1.82, 2.24) is 20.3 Å². The van der Waals surface area contributed by atoms with Gasteiger partial charge < -0.3 is 5.32 Å². The number of carbonyl (C=O) groups excluding carboxylic acids is 1. The van der Waals surface area contributed by atoms with Gasteiger partial charge in [0.1, 0.15) is 11.0 Å². The average molecular weight is 484 g/mol. The second-order valence-electron chi connectivity index (χ2n) is 7.50. The van der Waals surface area contributed by atoms with Crippen LogP contribution >= 0.6 is 23.8 Å². The molecular weight excluding hydrogens is 466 g/mol. The van der Waals surface area contributed by atoms with E-state index in [1.54, 1.807) is 29.1 Å². The average Bonchev–Trinajstić information content (AvgIpc) is 3.28. The molecule has 0 aliphatic heterocycles. The zero-order valence-corrected chi connectivity index (χ0v) is 19.3. The summed E-state index contributed by atoms with van der Waals surface area (Å²) in [4.78, 5) is 14.2. The number of anilines is 1. The molecule has 0 aliphatic rings. The maximum absolute atomic E-state index is 12.7. The van der Waals surface area contributed by atoms with Gasteiger partial charge in [0.15, 0.2) is 5.11 Å². The number of carbonyl (C=O) groups is 1. The number of thiocarbonyl (C=S) groups is 1. The second-order valence-corrected chi connectivity index (χ2v) is 8.31. The summed E-state index contributed by atoms with van der Waals surface area (Å²) in [6.45, 7) is 0. The fourth-order valence-corrected chi connectivity index (χ4v) is 3.89. The Kier molecular flexibility index (Phi) is 6.03. The van der Waals surface area contributed by atoms with Crippen molar-refractivity contribution >= 4 is 51.6 Å². The van der Waals surface area contributed by atoms with Crippen molar-refractivity contribution < 1.29 is 4.79 Å². The van der Waals surface area contributed by atoms with Gasteiger partial charge in [0.25, 0.3) is 5.91 Å². The number of para-hydroxylation sites is 1. The minimum Gasteiger partial charge on any atom is -0.331 e. The van der Waals surface area contributed by atoms with Gasteiger partial charge in [-0.15, -0.1) is 10.2 Å². The van der Waals surface area contributed by atoms with E-state index in [0.717, 1.165) is 16.8 Å². The number of fused-ring (bicyclic) bond motifs is 1. The van der Waals surface area contributed by atoms with Crippen LogP contribution in [0.1, 0.15) is 10.4 Å². The van der Waals surface area contributed by atoms with E-state index in [9.17, 15) is 4.79 Å². The van der Waals surface area contributed by atoms with Crippen LogP contribution in [-0.2, 0) is 0 Å². The van der Waals surface area contributed by atoms with Gasteiger partial charge in [0.05, 0.1) is 16.4 Å². The first kappa shape index (κ1) is 21.8. The summed E-state index contributed by atoms with van der Waals surface area (Å²) in [7, 11) is 0. The molecule has 8 heteroatoms. The van der Waals surface area contributed by atoms with Gasteiger partial charge in [-0.3, -0.25) is 10.1 Å². The summed E-state index contributed by atoms with van der Waals surface area (Å²) >= 11 is 11.8. The zero-order chi connectivity index (χ0) is 23.5. The Morgan fingerprint density at radius 2 is 1.38 bits per heavy atom.